The number of carbonyl (C=O) groups is 2. The van der Waals surface area contributed by atoms with Crippen LogP contribution in [0.15, 0.2) is 102 Å². The van der Waals surface area contributed by atoms with Gasteiger partial charge in [-0.05, 0) is 48.0 Å². The highest BCUT2D eigenvalue weighted by Crippen LogP contribution is 2.38. The van der Waals surface area contributed by atoms with Gasteiger partial charge < -0.3 is 20.1 Å². The van der Waals surface area contributed by atoms with Crippen molar-refractivity contribution in [2.75, 3.05) is 24.9 Å². The van der Waals surface area contributed by atoms with Gasteiger partial charge in [0.15, 0.2) is 5.13 Å². The van der Waals surface area contributed by atoms with Gasteiger partial charge in [0.2, 0.25) is 5.91 Å². The number of fused-ring (bicyclic) bond motifs is 1. The van der Waals surface area contributed by atoms with Crippen LogP contribution >= 0.6 is 23.1 Å². The van der Waals surface area contributed by atoms with E-state index in [1.807, 2.05) is 72.8 Å². The maximum Gasteiger partial charge on any atom is 0.263 e. The van der Waals surface area contributed by atoms with E-state index in [1.165, 1.54) is 37.3 Å². The van der Waals surface area contributed by atoms with Gasteiger partial charge in [-0.1, -0.05) is 65.9 Å². The Kier molecular flexibility index (Phi) is 8.10. The van der Waals surface area contributed by atoms with Gasteiger partial charge in [0, 0.05) is 10.6 Å². The lowest BCUT2D eigenvalue weighted by atomic mass is 10.1. The molecule has 5 rings (SSSR count). The first-order chi connectivity index (χ1) is 19.1. The fraction of sp³-hybridized carbons (Fsp3) is 0.100. The largest absolute Gasteiger partial charge is 0.496 e. The third-order valence-corrected chi connectivity index (χ3v) is 8.07. The molecule has 7 nitrogen and oxygen atoms in total. The van der Waals surface area contributed by atoms with Gasteiger partial charge in [0.1, 0.15) is 22.3 Å². The first kappa shape index (κ1) is 26.3. The molecule has 0 aliphatic heterocycles. The van der Waals surface area contributed by atoms with Crippen molar-refractivity contribution in [2.45, 2.75) is 10.1 Å². The molecule has 0 saturated carbocycles. The molecular weight excluding hydrogens is 530 g/mol. The molecule has 0 radical (unpaired) electrons. The Balaban J connectivity index is 1.38. The van der Waals surface area contributed by atoms with Crippen LogP contribution in [0.3, 0.4) is 0 Å². The van der Waals surface area contributed by atoms with Crippen molar-refractivity contribution in [3.63, 3.8) is 0 Å². The molecule has 0 fully saturated rings. The molecule has 9 heteroatoms. The van der Waals surface area contributed by atoms with Crippen molar-refractivity contribution >= 4 is 55.9 Å². The second kappa shape index (κ2) is 12.0. The third kappa shape index (κ3) is 6.05. The second-order valence-electron chi connectivity index (χ2n) is 8.40. The number of nitrogens with zero attached hydrogens (tertiary/aromatic N) is 1. The molecule has 0 saturated heterocycles. The minimum atomic E-state index is -0.543. The van der Waals surface area contributed by atoms with Crippen molar-refractivity contribution in [2.24, 2.45) is 0 Å². The number of aromatic nitrogens is 1. The molecule has 0 aliphatic rings. The van der Waals surface area contributed by atoms with Crippen LogP contribution in [0.5, 0.6) is 11.5 Å². The highest BCUT2D eigenvalue weighted by Gasteiger charge is 2.24. The van der Waals surface area contributed by atoms with Gasteiger partial charge in [-0.3, -0.25) is 9.59 Å². The maximum atomic E-state index is 13.5. The van der Waals surface area contributed by atoms with Crippen molar-refractivity contribution < 1.29 is 19.1 Å². The van der Waals surface area contributed by atoms with E-state index in [4.69, 9.17) is 9.47 Å². The molecule has 2 amide bonds. The minimum Gasteiger partial charge on any atom is -0.496 e. The smallest absolute Gasteiger partial charge is 0.263 e. The van der Waals surface area contributed by atoms with E-state index in [2.05, 4.69) is 15.6 Å². The molecule has 196 valence electrons. The molecule has 0 aliphatic carbocycles. The van der Waals surface area contributed by atoms with E-state index in [-0.39, 0.29) is 11.8 Å². The molecule has 1 unspecified atom stereocenters. The number of amides is 2. The number of thioether (sulfide) groups is 1. The Hall–Kier alpha value is -4.34. The molecule has 0 spiro atoms. The number of hydrogen-bond donors (Lipinski definition) is 2. The zero-order valence-electron chi connectivity index (χ0n) is 21.2. The minimum absolute atomic E-state index is 0.182. The zero-order chi connectivity index (χ0) is 27.2. The molecule has 39 heavy (non-hydrogen) atoms. The molecule has 5 aromatic rings. The summed E-state index contributed by atoms with van der Waals surface area (Å²) in [6.45, 7) is 0. The first-order valence-corrected chi connectivity index (χ1v) is 13.8. The second-order valence-corrected chi connectivity index (χ2v) is 10.6. The predicted octanol–water partition coefficient (Wildman–Crippen LogP) is 7.04. The number of carbonyl (C=O) groups excluding carboxylic acids is 2. The van der Waals surface area contributed by atoms with Crippen LogP contribution in [0.1, 0.15) is 21.2 Å². The van der Waals surface area contributed by atoms with E-state index < -0.39 is 5.25 Å². The zero-order valence-corrected chi connectivity index (χ0v) is 22.8. The van der Waals surface area contributed by atoms with Crippen molar-refractivity contribution in [1.29, 1.82) is 0 Å². The fourth-order valence-electron chi connectivity index (χ4n) is 4.05. The molecule has 1 atom stereocenters. The van der Waals surface area contributed by atoms with E-state index in [0.717, 1.165) is 20.7 Å². The lowest BCUT2D eigenvalue weighted by Crippen LogP contribution is -2.19. The summed E-state index contributed by atoms with van der Waals surface area (Å²) in [6.07, 6.45) is 0. The number of hydrogen-bond acceptors (Lipinski definition) is 7. The van der Waals surface area contributed by atoms with Crippen LogP contribution in [-0.2, 0) is 4.79 Å². The Morgan fingerprint density at radius 3 is 2.23 bits per heavy atom. The molecule has 1 heterocycles. The topological polar surface area (TPSA) is 89.5 Å². The molecule has 2 N–H and O–H groups in total. The fourth-order valence-corrected chi connectivity index (χ4v) is 6.00. The molecular formula is C30H25N3O4S2. The van der Waals surface area contributed by atoms with Crippen LogP contribution in [0, 0.1) is 0 Å². The van der Waals surface area contributed by atoms with Crippen molar-refractivity contribution in [1.82, 2.24) is 4.98 Å². The molecule has 1 aromatic heterocycles. The van der Waals surface area contributed by atoms with Crippen LogP contribution in [0.2, 0.25) is 0 Å². The number of rotatable bonds is 9. The Bertz CT molecular complexity index is 1570. The van der Waals surface area contributed by atoms with Gasteiger partial charge >= 0.3 is 0 Å². The summed E-state index contributed by atoms with van der Waals surface area (Å²) in [5, 5.41) is 5.93. The number of anilines is 2. The quantitative estimate of drug-likeness (QED) is 0.190. The monoisotopic (exact) mass is 555 g/mol. The average Bonchev–Trinajstić information content (AvgIpc) is 3.38. The van der Waals surface area contributed by atoms with E-state index in [1.54, 1.807) is 24.3 Å². The van der Waals surface area contributed by atoms with Gasteiger partial charge in [-0.25, -0.2) is 4.98 Å². The number of benzene rings is 4. The third-order valence-electron chi connectivity index (χ3n) is 5.87. The Morgan fingerprint density at radius 1 is 0.821 bits per heavy atom. The first-order valence-electron chi connectivity index (χ1n) is 12.1. The highest BCUT2D eigenvalue weighted by atomic mass is 32.2. The highest BCUT2D eigenvalue weighted by molar-refractivity contribution is 8.00. The summed E-state index contributed by atoms with van der Waals surface area (Å²) in [7, 11) is 3.01. The van der Waals surface area contributed by atoms with E-state index >= 15 is 0 Å². The van der Waals surface area contributed by atoms with Gasteiger partial charge in [-0.2, -0.15) is 0 Å². The molecule has 4 aromatic carbocycles. The summed E-state index contributed by atoms with van der Waals surface area (Å²) in [4.78, 5) is 32.0. The van der Waals surface area contributed by atoms with Crippen LogP contribution in [0.4, 0.5) is 10.8 Å². The normalized spacial score (nSPS) is 11.5. The predicted molar refractivity (Wildman–Crippen MR) is 157 cm³/mol. The van der Waals surface area contributed by atoms with Crippen LogP contribution in [0.25, 0.3) is 10.2 Å². The number of thiazole rings is 1. The Labute approximate surface area is 234 Å². The number of methoxy groups -OCH3 is 2. The SMILES string of the molecule is COc1cccc(OC)c1C(=O)Nc1cccc(SC(C(=O)Nc2nc3ccccc3s2)c2ccccc2)c1. The molecule has 0 bridgehead atoms. The summed E-state index contributed by atoms with van der Waals surface area (Å²) in [5.74, 6) is 0.277. The van der Waals surface area contributed by atoms with Crippen molar-refractivity contribution in [3.05, 3.63) is 108 Å². The number of ether oxygens (including phenoxy) is 2. The Morgan fingerprint density at radius 2 is 1.51 bits per heavy atom. The number of para-hydroxylation sites is 1. The van der Waals surface area contributed by atoms with Crippen LogP contribution < -0.4 is 20.1 Å². The van der Waals surface area contributed by atoms with Crippen molar-refractivity contribution in [3.8, 4) is 11.5 Å². The summed E-state index contributed by atoms with van der Waals surface area (Å²) >= 11 is 2.83. The lowest BCUT2D eigenvalue weighted by molar-refractivity contribution is -0.115. The van der Waals surface area contributed by atoms with Crippen LogP contribution in [-0.4, -0.2) is 31.0 Å². The van der Waals surface area contributed by atoms with E-state index in [9.17, 15) is 9.59 Å². The standard InChI is InChI=1S/C30H25N3O4S2/c1-36-23-15-9-16-24(37-2)26(23)28(34)31-20-12-8-13-21(18-20)38-27(19-10-4-3-5-11-19)29(35)33-30-32-22-14-6-7-17-25(22)39-30/h3-18,27H,1-2H3,(H,31,34)(H,32,33,35). The van der Waals surface area contributed by atoms with Gasteiger partial charge in [-0.15, -0.1) is 11.8 Å². The summed E-state index contributed by atoms with van der Waals surface area (Å²) in [6, 6.07) is 29.9. The summed E-state index contributed by atoms with van der Waals surface area (Å²) in [5.41, 5.74) is 2.58. The summed E-state index contributed by atoms with van der Waals surface area (Å²) < 4.78 is 11.8. The number of nitrogens with one attached hydrogen (secondary N) is 2. The van der Waals surface area contributed by atoms with E-state index in [0.29, 0.717) is 27.9 Å². The lowest BCUT2D eigenvalue weighted by Gasteiger charge is -2.17. The van der Waals surface area contributed by atoms with Gasteiger partial charge in [0.05, 0.1) is 24.4 Å². The van der Waals surface area contributed by atoms with Gasteiger partial charge in [0.25, 0.3) is 5.91 Å². The average molecular weight is 556 g/mol. The maximum absolute atomic E-state index is 13.5.